The summed E-state index contributed by atoms with van der Waals surface area (Å²) >= 11 is 0. The number of aliphatic hydroxyl groups is 2. The van der Waals surface area contributed by atoms with Crippen LogP contribution in [0, 0.1) is 0 Å². The summed E-state index contributed by atoms with van der Waals surface area (Å²) in [5, 5.41) is 17.4. The maximum atomic E-state index is 9.80. The number of rotatable bonds is 10. The third kappa shape index (κ3) is 33.8. The third-order valence-electron chi connectivity index (χ3n) is 1.93. The van der Waals surface area contributed by atoms with Gasteiger partial charge >= 0.3 is 54.2 Å². The van der Waals surface area contributed by atoms with Crippen LogP contribution in [-0.4, -0.2) is 73.4 Å². The molecule has 21 heavy (non-hydrogen) atoms. The van der Waals surface area contributed by atoms with E-state index in [2.05, 4.69) is 9.05 Å². The normalized spacial score (nSPS) is 14.2. The summed E-state index contributed by atoms with van der Waals surface area (Å²) < 4.78 is 28.1. The minimum Gasteiger partial charge on any atom is -0.566 e. The first-order chi connectivity index (χ1) is 9.25. The predicted octanol–water partition coefficient (Wildman–Crippen LogP) is -0.0174. The van der Waals surface area contributed by atoms with Crippen LogP contribution in [0.25, 0.3) is 0 Å². The maximum Gasteiger partial charge on any atom is 2.00 e. The molecule has 0 aliphatic heterocycles. The molecule has 4 atom stereocenters. The fourth-order valence-electron chi connectivity index (χ4n) is 1.04. The van der Waals surface area contributed by atoms with E-state index in [1.807, 2.05) is 0 Å². The Morgan fingerprint density at radius 3 is 1.38 bits per heavy atom. The van der Waals surface area contributed by atoms with Crippen LogP contribution in [0.5, 0.6) is 0 Å². The van der Waals surface area contributed by atoms with Gasteiger partial charge in [0.25, 0.3) is 0 Å². The van der Waals surface area contributed by atoms with Crippen molar-refractivity contribution in [3.8, 4) is 0 Å². The Labute approximate surface area is 156 Å². The molecule has 0 rings (SSSR count). The smallest absolute Gasteiger partial charge is 0.566 e. The molecule has 11 heteroatoms. The maximum absolute atomic E-state index is 9.80. The second-order valence-corrected chi connectivity index (χ2v) is 5.51. The van der Waals surface area contributed by atoms with Crippen molar-refractivity contribution in [3.63, 3.8) is 0 Å². The molecule has 0 amide bonds. The first kappa shape index (κ1) is 27.1. The summed E-state index contributed by atoms with van der Waals surface area (Å²) in [6.07, 6.45) is 1.52. The fraction of sp³-hybridized carbons (Fsp3) is 1.00. The Balaban J connectivity index is -0.000000295. The molecule has 0 radical (unpaired) electrons. The predicted molar refractivity (Wildman–Crippen MR) is 74.7 cm³/mol. The van der Waals surface area contributed by atoms with Crippen LogP contribution >= 0.6 is 16.5 Å². The number of hydrogen-bond donors (Lipinski definition) is 2. The van der Waals surface area contributed by atoms with Crippen molar-refractivity contribution in [3.05, 3.63) is 0 Å². The van der Waals surface area contributed by atoms with Crippen molar-refractivity contribution in [1.82, 2.24) is 0 Å². The monoisotopic (exact) mass is 372 g/mol. The van der Waals surface area contributed by atoms with Gasteiger partial charge in [0.2, 0.25) is 0 Å². The van der Waals surface area contributed by atoms with Gasteiger partial charge in [-0.15, -0.1) is 9.05 Å². The summed E-state index contributed by atoms with van der Waals surface area (Å²) in [7, 11) is -5.43. The minimum atomic E-state index is -2.71. The van der Waals surface area contributed by atoms with Crippen LogP contribution in [0.1, 0.15) is 39.5 Å². The molecule has 0 aliphatic carbocycles. The molecule has 0 bridgehead atoms. The van der Waals surface area contributed by atoms with Crippen LogP contribution in [-0.2, 0) is 18.2 Å². The zero-order valence-corrected chi connectivity index (χ0v) is 16.3. The molecule has 8 nitrogen and oxygen atoms in total. The summed E-state index contributed by atoms with van der Waals surface area (Å²) in [4.78, 5) is 19.6. The van der Waals surface area contributed by atoms with Crippen LogP contribution in [0.2, 0.25) is 0 Å². The van der Waals surface area contributed by atoms with Gasteiger partial charge in [-0.1, -0.05) is 0 Å². The van der Waals surface area contributed by atoms with Crippen LogP contribution in [0.4, 0.5) is 0 Å². The average Bonchev–Trinajstić information content (AvgIpc) is 2.30. The fourth-order valence-corrected chi connectivity index (χ4v) is 1.59. The Bertz CT molecular complexity index is 239. The molecular formula is C10H22CaO8P2+2. The summed E-state index contributed by atoms with van der Waals surface area (Å²) in [5.74, 6) is 0. The van der Waals surface area contributed by atoms with Crippen molar-refractivity contribution in [2.45, 2.75) is 51.7 Å². The molecule has 4 unspecified atom stereocenters. The zero-order chi connectivity index (χ0) is 16.0. The molecule has 0 spiro atoms. The van der Waals surface area contributed by atoms with Gasteiger partial charge in [0, 0.05) is 0 Å². The molecule has 0 aromatic rings. The zero-order valence-electron chi connectivity index (χ0n) is 12.3. The van der Waals surface area contributed by atoms with Gasteiger partial charge < -0.3 is 20.0 Å². The van der Waals surface area contributed by atoms with Crippen LogP contribution in [0.15, 0.2) is 0 Å². The largest absolute Gasteiger partial charge is 2.00 e. The summed E-state index contributed by atoms with van der Waals surface area (Å²) in [6.45, 7) is 3.64. The van der Waals surface area contributed by atoms with Crippen molar-refractivity contribution in [2.75, 3.05) is 13.2 Å². The first-order valence-electron chi connectivity index (χ1n) is 6.16. The molecule has 0 saturated carbocycles. The molecule has 120 valence electrons. The quantitative estimate of drug-likeness (QED) is 0.310. The van der Waals surface area contributed by atoms with E-state index in [4.69, 9.17) is 10.2 Å². The third-order valence-corrected chi connectivity index (χ3v) is 2.71. The van der Waals surface area contributed by atoms with E-state index < -0.39 is 16.5 Å². The van der Waals surface area contributed by atoms with Crippen LogP contribution in [0.3, 0.4) is 0 Å². The second-order valence-electron chi connectivity index (χ2n) is 4.10. The van der Waals surface area contributed by atoms with Crippen molar-refractivity contribution >= 4 is 54.2 Å². The van der Waals surface area contributed by atoms with Gasteiger partial charge in [-0.05, 0) is 48.7 Å². The van der Waals surface area contributed by atoms with E-state index in [0.717, 1.165) is 0 Å². The topological polar surface area (TPSA) is 139 Å². The van der Waals surface area contributed by atoms with Gasteiger partial charge in [0.15, 0.2) is 0 Å². The Morgan fingerprint density at radius 1 is 0.905 bits per heavy atom. The first-order valence-corrected chi connectivity index (χ1v) is 8.35. The van der Waals surface area contributed by atoms with Gasteiger partial charge in [-0.25, -0.2) is 0 Å². The molecule has 0 aliphatic rings. The summed E-state index contributed by atoms with van der Waals surface area (Å²) in [5.41, 5.74) is 0. The molecule has 0 aromatic carbocycles. The van der Waals surface area contributed by atoms with E-state index >= 15 is 0 Å². The van der Waals surface area contributed by atoms with E-state index in [1.54, 1.807) is 13.8 Å². The number of aliphatic hydroxyl groups excluding tert-OH is 2. The molecule has 0 aromatic heterocycles. The Morgan fingerprint density at radius 2 is 1.19 bits per heavy atom. The van der Waals surface area contributed by atoms with Gasteiger partial charge in [-0.3, -0.25) is 0 Å². The van der Waals surface area contributed by atoms with Crippen molar-refractivity contribution in [1.29, 1.82) is 0 Å². The van der Waals surface area contributed by atoms with Crippen LogP contribution < -0.4 is 9.79 Å². The molecular weight excluding hydrogens is 350 g/mol. The van der Waals surface area contributed by atoms with Gasteiger partial charge in [0.1, 0.15) is 13.2 Å². The SMILES string of the molecule is CC(O)CCCO[P+](=O)[O-].CC(O)CCCO[P+](=O)[O-].[Ca+2]. The number of hydrogen-bond acceptors (Lipinski definition) is 8. The van der Waals surface area contributed by atoms with Crippen molar-refractivity contribution < 1.29 is 38.2 Å². The van der Waals surface area contributed by atoms with Gasteiger partial charge in [0.05, 0.1) is 12.2 Å². The second kappa shape index (κ2) is 19.3. The average molecular weight is 372 g/mol. The Hall–Kier alpha value is 1.22. The summed E-state index contributed by atoms with van der Waals surface area (Å²) in [6, 6.07) is 0. The van der Waals surface area contributed by atoms with E-state index in [1.165, 1.54) is 0 Å². The molecule has 2 N–H and O–H groups in total. The van der Waals surface area contributed by atoms with Crippen molar-refractivity contribution in [2.24, 2.45) is 0 Å². The van der Waals surface area contributed by atoms with E-state index in [9.17, 15) is 18.9 Å². The standard InChI is InChI=1S/2C5H11O4P.Ca/c2*1-5(6)3-2-4-9-10(7)8;/h2*5-6H,2-4H2,1H3;/q;;+2. The van der Waals surface area contributed by atoms with E-state index in [0.29, 0.717) is 25.7 Å². The molecule has 0 saturated heterocycles. The van der Waals surface area contributed by atoms with Gasteiger partial charge in [-0.2, -0.15) is 0 Å². The van der Waals surface area contributed by atoms with E-state index in [-0.39, 0.29) is 63.2 Å². The molecule has 0 fully saturated rings. The molecule has 0 heterocycles. The minimum absolute atomic E-state index is 0. The Kier molecular flexibility index (Phi) is 24.8.